The fourth-order valence-electron chi connectivity index (χ4n) is 2.61. The van der Waals surface area contributed by atoms with Gasteiger partial charge in [0.25, 0.3) is 0 Å². The van der Waals surface area contributed by atoms with Gasteiger partial charge in [-0.05, 0) is 17.5 Å². The van der Waals surface area contributed by atoms with Crippen LogP contribution in [0.1, 0.15) is 17.2 Å². The molecule has 0 spiro atoms. The van der Waals surface area contributed by atoms with Crippen molar-refractivity contribution in [2.75, 3.05) is 6.73 Å². The number of rotatable bonds is 1. The van der Waals surface area contributed by atoms with Crippen molar-refractivity contribution in [3.8, 4) is 0 Å². The first-order valence-corrected chi connectivity index (χ1v) is 4.82. The number of hydrogen-bond acceptors (Lipinski definition) is 2. The predicted octanol–water partition coefficient (Wildman–Crippen LogP) is 0.692. The lowest BCUT2D eigenvalue weighted by atomic mass is 9.89. The van der Waals surface area contributed by atoms with Crippen molar-refractivity contribution in [2.45, 2.75) is 12.5 Å². The molecule has 1 aliphatic heterocycles. The summed E-state index contributed by atoms with van der Waals surface area (Å²) in [5, 5.41) is 9.03. The largest absolute Gasteiger partial charge is 0.376 e. The van der Waals surface area contributed by atoms with E-state index in [-0.39, 0.29) is 24.6 Å². The molecule has 2 aliphatic rings. The molecule has 1 amide bonds. The highest BCUT2D eigenvalue weighted by atomic mass is 16.3. The van der Waals surface area contributed by atoms with Crippen LogP contribution in [0.5, 0.6) is 0 Å². The molecular formula is C11H11NO2. The Labute approximate surface area is 82.0 Å². The molecule has 1 N–H and O–H groups in total. The molecule has 1 fully saturated rings. The summed E-state index contributed by atoms with van der Waals surface area (Å²) < 4.78 is 0. The number of β-lactam (4-membered cyclic amide) rings is 1. The smallest absolute Gasteiger partial charge is 0.230 e. The van der Waals surface area contributed by atoms with Gasteiger partial charge in [0.05, 0.1) is 12.0 Å². The van der Waals surface area contributed by atoms with Gasteiger partial charge in [-0.25, -0.2) is 0 Å². The van der Waals surface area contributed by atoms with Crippen LogP contribution in [0.15, 0.2) is 24.3 Å². The monoisotopic (exact) mass is 189 g/mol. The van der Waals surface area contributed by atoms with Crippen molar-refractivity contribution < 1.29 is 9.90 Å². The molecule has 1 heterocycles. The predicted molar refractivity (Wildman–Crippen MR) is 50.3 cm³/mol. The van der Waals surface area contributed by atoms with Gasteiger partial charge in [0.15, 0.2) is 0 Å². The number of aliphatic hydroxyl groups excluding tert-OH is 1. The van der Waals surface area contributed by atoms with E-state index in [9.17, 15) is 4.79 Å². The van der Waals surface area contributed by atoms with Gasteiger partial charge < -0.3 is 10.0 Å². The standard InChI is InChI=1S/C11H11NO2/c13-6-12-10-8-4-2-1-3-7(8)5-9(10)11(12)14/h1-4,9-10,13H,5-6H2/t9-,10+/m0/s1. The molecule has 0 aromatic heterocycles. The molecular weight excluding hydrogens is 178 g/mol. The second-order valence-corrected chi connectivity index (χ2v) is 3.90. The van der Waals surface area contributed by atoms with E-state index in [0.29, 0.717) is 0 Å². The van der Waals surface area contributed by atoms with E-state index in [0.717, 1.165) is 6.42 Å². The highest BCUT2D eigenvalue weighted by Gasteiger charge is 2.51. The molecule has 0 saturated carbocycles. The molecule has 72 valence electrons. The molecule has 0 unspecified atom stereocenters. The quantitative estimate of drug-likeness (QED) is 0.660. The Balaban J connectivity index is 2.03. The van der Waals surface area contributed by atoms with E-state index < -0.39 is 0 Å². The van der Waals surface area contributed by atoms with Gasteiger partial charge in [0.2, 0.25) is 5.91 Å². The topological polar surface area (TPSA) is 40.5 Å². The van der Waals surface area contributed by atoms with E-state index in [1.54, 1.807) is 0 Å². The average molecular weight is 189 g/mol. The molecule has 2 atom stereocenters. The summed E-state index contributed by atoms with van der Waals surface area (Å²) >= 11 is 0. The molecule has 1 saturated heterocycles. The molecule has 3 heteroatoms. The number of amides is 1. The molecule has 3 rings (SSSR count). The van der Waals surface area contributed by atoms with Gasteiger partial charge in [-0.2, -0.15) is 0 Å². The van der Waals surface area contributed by atoms with Crippen LogP contribution in [0, 0.1) is 5.92 Å². The number of carbonyl (C=O) groups excluding carboxylic acids is 1. The van der Waals surface area contributed by atoms with Crippen LogP contribution in [0.4, 0.5) is 0 Å². The van der Waals surface area contributed by atoms with Gasteiger partial charge in [-0.1, -0.05) is 24.3 Å². The zero-order chi connectivity index (χ0) is 9.71. The Morgan fingerprint density at radius 2 is 2.21 bits per heavy atom. The third-order valence-corrected chi connectivity index (χ3v) is 3.28. The summed E-state index contributed by atoms with van der Waals surface area (Å²) in [6.45, 7) is -0.158. The number of fused-ring (bicyclic) bond motifs is 3. The Morgan fingerprint density at radius 1 is 1.43 bits per heavy atom. The summed E-state index contributed by atoms with van der Waals surface area (Å²) in [5.41, 5.74) is 2.47. The van der Waals surface area contributed by atoms with Gasteiger partial charge in [0.1, 0.15) is 6.73 Å². The fraction of sp³-hybridized carbons (Fsp3) is 0.364. The SMILES string of the molecule is O=C1[C@H]2Cc3ccccc3[C@H]2N1CO. The van der Waals surface area contributed by atoms with Crippen LogP contribution in [0.2, 0.25) is 0 Å². The van der Waals surface area contributed by atoms with E-state index in [4.69, 9.17) is 5.11 Å². The molecule has 3 nitrogen and oxygen atoms in total. The Morgan fingerprint density at radius 3 is 3.00 bits per heavy atom. The second kappa shape index (κ2) is 2.58. The van der Waals surface area contributed by atoms with Crippen molar-refractivity contribution in [3.05, 3.63) is 35.4 Å². The van der Waals surface area contributed by atoms with E-state index >= 15 is 0 Å². The second-order valence-electron chi connectivity index (χ2n) is 3.90. The number of hydrogen-bond donors (Lipinski definition) is 1. The highest BCUT2D eigenvalue weighted by Crippen LogP contribution is 2.48. The van der Waals surface area contributed by atoms with Crippen LogP contribution in [0.25, 0.3) is 0 Å². The lowest BCUT2D eigenvalue weighted by Gasteiger charge is -2.42. The first kappa shape index (κ1) is 8.00. The zero-order valence-corrected chi connectivity index (χ0v) is 7.68. The minimum Gasteiger partial charge on any atom is -0.376 e. The fourth-order valence-corrected chi connectivity index (χ4v) is 2.61. The van der Waals surface area contributed by atoms with E-state index in [1.807, 2.05) is 12.1 Å². The molecule has 1 aromatic rings. The lowest BCUT2D eigenvalue weighted by molar-refractivity contribution is -0.162. The summed E-state index contributed by atoms with van der Waals surface area (Å²) in [7, 11) is 0. The number of carbonyl (C=O) groups is 1. The summed E-state index contributed by atoms with van der Waals surface area (Å²) in [6.07, 6.45) is 0.843. The van der Waals surface area contributed by atoms with Crippen molar-refractivity contribution >= 4 is 5.91 Å². The van der Waals surface area contributed by atoms with Crippen molar-refractivity contribution in [1.29, 1.82) is 0 Å². The normalized spacial score (nSPS) is 28.4. The number of nitrogens with zero attached hydrogens (tertiary/aromatic N) is 1. The summed E-state index contributed by atoms with van der Waals surface area (Å²) in [4.78, 5) is 13.0. The molecule has 1 aromatic carbocycles. The Bertz CT molecular complexity index is 394. The molecule has 0 bridgehead atoms. The van der Waals surface area contributed by atoms with Crippen LogP contribution < -0.4 is 0 Å². The molecule has 14 heavy (non-hydrogen) atoms. The summed E-state index contributed by atoms with van der Waals surface area (Å²) in [6, 6.07) is 8.24. The van der Waals surface area contributed by atoms with Crippen LogP contribution in [-0.4, -0.2) is 22.6 Å². The van der Waals surface area contributed by atoms with Gasteiger partial charge in [-0.3, -0.25) is 4.79 Å². The maximum atomic E-state index is 11.5. The Hall–Kier alpha value is -1.35. The summed E-state index contributed by atoms with van der Waals surface area (Å²) in [5.74, 6) is 0.188. The number of aliphatic hydroxyl groups is 1. The number of likely N-dealkylation sites (tertiary alicyclic amines) is 1. The lowest BCUT2D eigenvalue weighted by Crippen LogP contribution is -2.53. The maximum absolute atomic E-state index is 11.5. The third-order valence-electron chi connectivity index (χ3n) is 3.28. The maximum Gasteiger partial charge on any atom is 0.230 e. The zero-order valence-electron chi connectivity index (χ0n) is 7.68. The number of benzene rings is 1. The first-order valence-electron chi connectivity index (χ1n) is 4.82. The van der Waals surface area contributed by atoms with E-state index in [1.165, 1.54) is 16.0 Å². The van der Waals surface area contributed by atoms with Crippen molar-refractivity contribution in [3.63, 3.8) is 0 Å². The van der Waals surface area contributed by atoms with Gasteiger partial charge in [0, 0.05) is 0 Å². The first-order chi connectivity index (χ1) is 6.83. The average Bonchev–Trinajstić information content (AvgIpc) is 2.55. The Kier molecular flexibility index (Phi) is 1.47. The van der Waals surface area contributed by atoms with Crippen LogP contribution in [-0.2, 0) is 11.2 Å². The molecule has 1 aliphatic carbocycles. The highest BCUT2D eigenvalue weighted by molar-refractivity contribution is 5.88. The van der Waals surface area contributed by atoms with Crippen molar-refractivity contribution in [2.24, 2.45) is 5.92 Å². The van der Waals surface area contributed by atoms with E-state index in [2.05, 4.69) is 12.1 Å². The minimum atomic E-state index is -0.158. The molecule has 0 radical (unpaired) electrons. The van der Waals surface area contributed by atoms with Crippen LogP contribution in [0.3, 0.4) is 0 Å². The minimum absolute atomic E-state index is 0.0914. The van der Waals surface area contributed by atoms with Crippen LogP contribution >= 0.6 is 0 Å². The van der Waals surface area contributed by atoms with Gasteiger partial charge >= 0.3 is 0 Å². The third kappa shape index (κ3) is 0.780. The van der Waals surface area contributed by atoms with Gasteiger partial charge in [-0.15, -0.1) is 0 Å². The van der Waals surface area contributed by atoms with Crippen molar-refractivity contribution in [1.82, 2.24) is 4.90 Å².